The molecule has 1 aromatic carbocycles. The number of hydrogen-bond donors (Lipinski definition) is 0. The maximum atomic E-state index is 13.2. The van der Waals surface area contributed by atoms with E-state index in [0.717, 1.165) is 9.87 Å². The average molecular weight is 425 g/mol. The molecule has 1 aliphatic rings. The Morgan fingerprint density at radius 2 is 2.00 bits per heavy atom. The second-order valence-corrected chi connectivity index (χ2v) is 10.7. The first-order valence-electron chi connectivity index (χ1n) is 8.93. The lowest BCUT2D eigenvalue weighted by molar-refractivity contribution is 0.0778. The number of benzene rings is 1. The molecule has 1 unspecified atom stereocenters. The van der Waals surface area contributed by atoms with Crippen LogP contribution in [0.4, 0.5) is 0 Å². The van der Waals surface area contributed by atoms with Crippen LogP contribution in [0.5, 0.6) is 0 Å². The highest BCUT2D eigenvalue weighted by atomic mass is 35.5. The fourth-order valence-electron chi connectivity index (χ4n) is 3.68. The molecule has 0 radical (unpaired) electrons. The van der Waals surface area contributed by atoms with Crippen LogP contribution < -0.4 is 0 Å². The smallest absolute Gasteiger partial charge is 0.255 e. The molecule has 1 atom stereocenters. The van der Waals surface area contributed by atoms with Crippen molar-refractivity contribution >= 4 is 27.5 Å². The van der Waals surface area contributed by atoms with Gasteiger partial charge >= 0.3 is 0 Å². The molecule has 28 heavy (non-hydrogen) atoms. The van der Waals surface area contributed by atoms with Crippen molar-refractivity contribution in [2.75, 3.05) is 27.2 Å². The van der Waals surface area contributed by atoms with Gasteiger partial charge in [-0.15, -0.1) is 0 Å². The van der Waals surface area contributed by atoms with Gasteiger partial charge in [-0.3, -0.25) is 9.48 Å². The molecule has 152 valence electrons. The zero-order valence-electron chi connectivity index (χ0n) is 16.7. The van der Waals surface area contributed by atoms with Gasteiger partial charge in [0.2, 0.25) is 10.0 Å². The molecule has 0 bridgehead atoms. The lowest BCUT2D eigenvalue weighted by Gasteiger charge is -2.24. The molecular weight excluding hydrogens is 400 g/mol. The van der Waals surface area contributed by atoms with E-state index in [0.29, 0.717) is 13.1 Å². The van der Waals surface area contributed by atoms with Crippen molar-refractivity contribution in [2.24, 2.45) is 12.5 Å². The minimum atomic E-state index is -3.65. The van der Waals surface area contributed by atoms with Crippen molar-refractivity contribution in [2.45, 2.75) is 24.7 Å². The summed E-state index contributed by atoms with van der Waals surface area (Å²) in [5.41, 5.74) is 1.14. The summed E-state index contributed by atoms with van der Waals surface area (Å²) in [4.78, 5) is 15.0. The van der Waals surface area contributed by atoms with Gasteiger partial charge in [-0.25, -0.2) is 12.7 Å². The summed E-state index contributed by atoms with van der Waals surface area (Å²) in [5, 5.41) is 4.49. The monoisotopic (exact) mass is 424 g/mol. The van der Waals surface area contributed by atoms with Crippen molar-refractivity contribution in [3.63, 3.8) is 0 Å². The number of sulfonamides is 1. The van der Waals surface area contributed by atoms with Gasteiger partial charge in [0.05, 0.1) is 21.7 Å². The first kappa shape index (κ1) is 20.8. The van der Waals surface area contributed by atoms with Crippen molar-refractivity contribution < 1.29 is 13.2 Å². The lowest BCUT2D eigenvalue weighted by Crippen LogP contribution is -2.31. The van der Waals surface area contributed by atoms with Crippen molar-refractivity contribution in [1.82, 2.24) is 19.0 Å². The summed E-state index contributed by atoms with van der Waals surface area (Å²) < 4.78 is 27.7. The predicted octanol–water partition coefficient (Wildman–Crippen LogP) is 2.59. The van der Waals surface area contributed by atoms with E-state index in [1.54, 1.807) is 9.58 Å². The van der Waals surface area contributed by atoms with E-state index < -0.39 is 10.0 Å². The Morgan fingerprint density at radius 3 is 2.57 bits per heavy atom. The molecule has 9 heteroatoms. The predicted molar refractivity (Wildman–Crippen MR) is 108 cm³/mol. The number of aryl methyl sites for hydroxylation is 1. The number of nitrogens with zero attached hydrogens (tertiary/aromatic N) is 4. The summed E-state index contributed by atoms with van der Waals surface area (Å²) >= 11 is 6.26. The summed E-state index contributed by atoms with van der Waals surface area (Å²) in [7, 11) is 1.11. The minimum Gasteiger partial charge on any atom is -0.337 e. The normalized spacial score (nSPS) is 19.4. The summed E-state index contributed by atoms with van der Waals surface area (Å²) in [6.07, 6.45) is 3.80. The topological polar surface area (TPSA) is 75.5 Å². The van der Waals surface area contributed by atoms with Gasteiger partial charge < -0.3 is 4.90 Å². The van der Waals surface area contributed by atoms with Crippen molar-refractivity contribution in [1.29, 1.82) is 0 Å². The van der Waals surface area contributed by atoms with Gasteiger partial charge in [0.15, 0.2) is 0 Å². The zero-order valence-corrected chi connectivity index (χ0v) is 18.3. The molecule has 0 spiro atoms. The Hall–Kier alpha value is -1.90. The Labute approximate surface area is 170 Å². The molecule has 2 aromatic rings. The van der Waals surface area contributed by atoms with Crippen LogP contribution in [-0.2, 0) is 17.1 Å². The van der Waals surface area contributed by atoms with Gasteiger partial charge in [-0.2, -0.15) is 5.10 Å². The second-order valence-electron chi connectivity index (χ2n) is 8.10. The number of aromatic nitrogens is 2. The number of carbonyl (C=O) groups is 1. The molecule has 1 saturated heterocycles. The van der Waals surface area contributed by atoms with Crippen molar-refractivity contribution in [3.8, 4) is 0 Å². The Kier molecular flexibility index (Phi) is 5.33. The Bertz CT molecular complexity index is 1010. The molecule has 7 nitrogen and oxygen atoms in total. The van der Waals surface area contributed by atoms with Crippen molar-refractivity contribution in [3.05, 3.63) is 46.7 Å². The molecule has 0 N–H and O–H groups in total. The van der Waals surface area contributed by atoms with E-state index in [-0.39, 0.29) is 32.7 Å². The lowest BCUT2D eigenvalue weighted by atomic mass is 9.79. The highest BCUT2D eigenvalue weighted by molar-refractivity contribution is 7.89. The van der Waals surface area contributed by atoms with Crippen LogP contribution in [0.2, 0.25) is 5.02 Å². The first-order chi connectivity index (χ1) is 12.9. The van der Waals surface area contributed by atoms with Crippen LogP contribution >= 0.6 is 11.6 Å². The van der Waals surface area contributed by atoms with Crippen LogP contribution in [0.1, 0.15) is 35.7 Å². The van der Waals surface area contributed by atoms with E-state index in [9.17, 15) is 13.2 Å². The summed E-state index contributed by atoms with van der Waals surface area (Å²) in [5.74, 6) is -0.127. The molecule has 1 aromatic heterocycles. The van der Waals surface area contributed by atoms with E-state index in [4.69, 9.17) is 11.6 Å². The molecular formula is C19H25ClN4O3S. The van der Waals surface area contributed by atoms with Gasteiger partial charge in [0.25, 0.3) is 5.91 Å². The van der Waals surface area contributed by atoms with Crippen LogP contribution in [0.15, 0.2) is 35.5 Å². The number of halogens is 1. The number of likely N-dealkylation sites (tertiary alicyclic amines) is 1. The van der Waals surface area contributed by atoms with Crippen LogP contribution in [0.25, 0.3) is 0 Å². The standard InChI is InChI=1S/C19H25ClN4O3S/c1-19(2)12-24(11-16(19)13-9-21-23(5)10-13)18(25)15-8-14(6-7-17(15)20)28(26,27)22(3)4/h6-10,16H,11-12H2,1-5H3. The van der Waals surface area contributed by atoms with Gasteiger partial charge in [0, 0.05) is 46.3 Å². The van der Waals surface area contributed by atoms with Crippen LogP contribution in [-0.4, -0.2) is 60.5 Å². The highest BCUT2D eigenvalue weighted by Crippen LogP contribution is 2.43. The molecule has 3 rings (SSSR count). The number of amides is 1. The molecule has 0 saturated carbocycles. The van der Waals surface area contributed by atoms with Gasteiger partial charge in [-0.05, 0) is 29.2 Å². The maximum Gasteiger partial charge on any atom is 0.255 e. The van der Waals surface area contributed by atoms with Crippen LogP contribution in [0.3, 0.4) is 0 Å². The molecule has 1 fully saturated rings. The van der Waals surface area contributed by atoms with E-state index >= 15 is 0 Å². The second kappa shape index (κ2) is 7.17. The molecule has 1 aliphatic heterocycles. The van der Waals surface area contributed by atoms with E-state index in [1.807, 2.05) is 19.4 Å². The molecule has 2 heterocycles. The summed E-state index contributed by atoms with van der Waals surface area (Å²) in [6, 6.07) is 4.25. The zero-order chi connectivity index (χ0) is 20.9. The quantitative estimate of drug-likeness (QED) is 0.755. The number of hydrogen-bond acceptors (Lipinski definition) is 4. The summed E-state index contributed by atoms with van der Waals surface area (Å²) in [6.45, 7) is 5.31. The average Bonchev–Trinajstić information content (AvgIpc) is 3.16. The highest BCUT2D eigenvalue weighted by Gasteiger charge is 2.43. The molecule has 0 aliphatic carbocycles. The fraction of sp³-hybridized carbons (Fsp3) is 0.474. The van der Waals surface area contributed by atoms with E-state index in [2.05, 4.69) is 18.9 Å². The third-order valence-corrected chi connectivity index (χ3v) is 7.45. The number of rotatable bonds is 4. The third-order valence-electron chi connectivity index (χ3n) is 5.31. The number of carbonyl (C=O) groups excluding carboxylic acids is 1. The van der Waals surface area contributed by atoms with E-state index in [1.165, 1.54) is 32.3 Å². The molecule has 1 amide bonds. The minimum absolute atomic E-state index is 0.0486. The van der Waals surface area contributed by atoms with Gasteiger partial charge in [0.1, 0.15) is 0 Å². The SMILES string of the molecule is CN(C)S(=O)(=O)c1ccc(Cl)c(C(=O)N2CC(c3cnn(C)c3)C(C)(C)C2)c1. The largest absolute Gasteiger partial charge is 0.337 e. The maximum absolute atomic E-state index is 13.2. The first-order valence-corrected chi connectivity index (χ1v) is 10.7. The fourth-order valence-corrected chi connectivity index (χ4v) is 4.80. The van der Waals surface area contributed by atoms with Gasteiger partial charge in [-0.1, -0.05) is 25.4 Å². The third kappa shape index (κ3) is 3.68. The van der Waals surface area contributed by atoms with Crippen LogP contribution in [0, 0.1) is 5.41 Å². The Morgan fingerprint density at radius 1 is 1.32 bits per heavy atom. The Balaban J connectivity index is 1.93.